The second kappa shape index (κ2) is 12.5. The van der Waals surface area contributed by atoms with Gasteiger partial charge in [-0.15, -0.1) is 11.3 Å². The summed E-state index contributed by atoms with van der Waals surface area (Å²) in [5, 5.41) is 18.8. The van der Waals surface area contributed by atoms with Crippen LogP contribution in [0.3, 0.4) is 0 Å². The zero-order chi connectivity index (χ0) is 20.2. The molecular formula is C22H33N3O2S. The van der Waals surface area contributed by atoms with Crippen molar-refractivity contribution in [2.75, 3.05) is 26.2 Å². The van der Waals surface area contributed by atoms with Crippen molar-refractivity contribution in [3.05, 3.63) is 58.3 Å². The molecule has 1 aromatic carbocycles. The van der Waals surface area contributed by atoms with Gasteiger partial charge in [0, 0.05) is 24.5 Å². The Labute approximate surface area is 172 Å². The topological polar surface area (TPSA) is 65.9 Å². The SMILES string of the molecule is CCNC(=NCC(C)Cc1cccs1)NCC(O)COC(C)c1ccccc1. The van der Waals surface area contributed by atoms with E-state index in [-0.39, 0.29) is 12.7 Å². The van der Waals surface area contributed by atoms with Gasteiger partial charge < -0.3 is 20.5 Å². The molecule has 0 radical (unpaired) electrons. The first-order valence-corrected chi connectivity index (χ1v) is 10.9. The largest absolute Gasteiger partial charge is 0.389 e. The molecule has 2 rings (SSSR count). The van der Waals surface area contributed by atoms with Crippen LogP contribution in [0, 0.1) is 5.92 Å². The van der Waals surface area contributed by atoms with Crippen LogP contribution < -0.4 is 10.6 Å². The molecule has 0 aliphatic rings. The Morgan fingerprint density at radius 1 is 1.14 bits per heavy atom. The molecule has 5 nitrogen and oxygen atoms in total. The predicted molar refractivity (Wildman–Crippen MR) is 118 cm³/mol. The molecule has 154 valence electrons. The van der Waals surface area contributed by atoms with Gasteiger partial charge in [-0.1, -0.05) is 43.3 Å². The third kappa shape index (κ3) is 8.42. The molecule has 0 aliphatic carbocycles. The summed E-state index contributed by atoms with van der Waals surface area (Å²) in [5.74, 6) is 1.20. The lowest BCUT2D eigenvalue weighted by Crippen LogP contribution is -2.42. The molecule has 3 atom stereocenters. The van der Waals surface area contributed by atoms with E-state index in [1.807, 2.05) is 44.2 Å². The lowest BCUT2D eigenvalue weighted by Gasteiger charge is -2.19. The highest BCUT2D eigenvalue weighted by Gasteiger charge is 2.11. The summed E-state index contributed by atoms with van der Waals surface area (Å²) < 4.78 is 5.79. The lowest BCUT2D eigenvalue weighted by atomic mass is 10.1. The molecule has 1 aromatic heterocycles. The summed E-state index contributed by atoms with van der Waals surface area (Å²) in [6.45, 7) is 8.43. The Hall–Kier alpha value is -1.89. The van der Waals surface area contributed by atoms with Gasteiger partial charge in [-0.3, -0.25) is 4.99 Å². The smallest absolute Gasteiger partial charge is 0.191 e. The zero-order valence-corrected chi connectivity index (χ0v) is 17.9. The van der Waals surface area contributed by atoms with Crippen molar-refractivity contribution in [1.29, 1.82) is 0 Å². The molecular weight excluding hydrogens is 370 g/mol. The summed E-state index contributed by atoms with van der Waals surface area (Å²) in [4.78, 5) is 6.05. The monoisotopic (exact) mass is 403 g/mol. The number of rotatable bonds is 11. The van der Waals surface area contributed by atoms with Gasteiger partial charge in [-0.2, -0.15) is 0 Å². The highest BCUT2D eigenvalue weighted by Crippen LogP contribution is 2.16. The molecule has 0 spiro atoms. The van der Waals surface area contributed by atoms with E-state index in [9.17, 15) is 5.11 Å². The minimum absolute atomic E-state index is 0.0455. The van der Waals surface area contributed by atoms with Gasteiger partial charge in [0.1, 0.15) is 0 Å². The molecule has 0 bridgehead atoms. The summed E-state index contributed by atoms with van der Waals surface area (Å²) in [5.41, 5.74) is 1.11. The predicted octanol–water partition coefficient (Wildman–Crippen LogP) is 3.62. The molecule has 28 heavy (non-hydrogen) atoms. The Kier molecular flexibility index (Phi) is 10.0. The van der Waals surface area contributed by atoms with Gasteiger partial charge in [-0.25, -0.2) is 0 Å². The highest BCUT2D eigenvalue weighted by atomic mass is 32.1. The van der Waals surface area contributed by atoms with Crippen molar-refractivity contribution in [3.8, 4) is 0 Å². The number of aliphatic imine (C=N–C) groups is 1. The minimum Gasteiger partial charge on any atom is -0.389 e. The molecule has 0 saturated heterocycles. The van der Waals surface area contributed by atoms with Crippen molar-refractivity contribution in [2.24, 2.45) is 10.9 Å². The second-order valence-electron chi connectivity index (χ2n) is 7.03. The van der Waals surface area contributed by atoms with Crippen molar-refractivity contribution in [1.82, 2.24) is 10.6 Å². The molecule has 0 aliphatic heterocycles. The van der Waals surface area contributed by atoms with Crippen LogP contribution in [0.15, 0.2) is 52.8 Å². The van der Waals surface area contributed by atoms with Crippen molar-refractivity contribution in [2.45, 2.75) is 39.4 Å². The third-order valence-corrected chi connectivity index (χ3v) is 5.25. The fraction of sp³-hybridized carbons (Fsp3) is 0.500. The van der Waals surface area contributed by atoms with Gasteiger partial charge in [0.2, 0.25) is 0 Å². The van der Waals surface area contributed by atoms with Gasteiger partial charge in [-0.05, 0) is 43.2 Å². The van der Waals surface area contributed by atoms with Crippen LogP contribution in [0.1, 0.15) is 37.3 Å². The van der Waals surface area contributed by atoms with E-state index >= 15 is 0 Å². The zero-order valence-electron chi connectivity index (χ0n) is 17.1. The first kappa shape index (κ1) is 22.4. The summed E-state index contributed by atoms with van der Waals surface area (Å²) >= 11 is 1.79. The molecule has 0 saturated carbocycles. The van der Waals surface area contributed by atoms with Crippen LogP contribution in [0.4, 0.5) is 0 Å². The number of guanidine groups is 1. The highest BCUT2D eigenvalue weighted by molar-refractivity contribution is 7.09. The number of nitrogens with zero attached hydrogens (tertiary/aromatic N) is 1. The average molecular weight is 404 g/mol. The van der Waals surface area contributed by atoms with E-state index in [2.05, 4.69) is 40.1 Å². The molecule has 2 aromatic rings. The number of nitrogens with one attached hydrogen (secondary N) is 2. The minimum atomic E-state index is -0.599. The fourth-order valence-electron chi connectivity index (χ4n) is 2.77. The number of hydrogen-bond acceptors (Lipinski definition) is 4. The van der Waals surface area contributed by atoms with Gasteiger partial charge in [0.05, 0.1) is 18.8 Å². The van der Waals surface area contributed by atoms with E-state index in [4.69, 9.17) is 4.74 Å². The number of benzene rings is 1. The van der Waals surface area contributed by atoms with Gasteiger partial charge >= 0.3 is 0 Å². The van der Waals surface area contributed by atoms with E-state index in [1.54, 1.807) is 11.3 Å². The maximum atomic E-state index is 10.2. The van der Waals surface area contributed by atoms with E-state index in [1.165, 1.54) is 4.88 Å². The normalized spacial score (nSPS) is 15.1. The van der Waals surface area contributed by atoms with Crippen molar-refractivity contribution >= 4 is 17.3 Å². The van der Waals surface area contributed by atoms with E-state index in [0.717, 1.165) is 31.0 Å². The summed E-state index contributed by atoms with van der Waals surface area (Å²) in [6, 6.07) is 14.3. The maximum absolute atomic E-state index is 10.2. The van der Waals surface area contributed by atoms with Crippen LogP contribution in [-0.4, -0.2) is 43.4 Å². The Morgan fingerprint density at radius 2 is 1.93 bits per heavy atom. The first-order chi connectivity index (χ1) is 13.6. The molecule has 1 heterocycles. The second-order valence-corrected chi connectivity index (χ2v) is 8.06. The molecule has 0 amide bonds. The average Bonchev–Trinajstić information content (AvgIpc) is 3.21. The van der Waals surface area contributed by atoms with Crippen LogP contribution in [0.2, 0.25) is 0 Å². The van der Waals surface area contributed by atoms with Gasteiger partial charge in [0.25, 0.3) is 0 Å². The Balaban J connectivity index is 1.73. The summed E-state index contributed by atoms with van der Waals surface area (Å²) in [7, 11) is 0. The van der Waals surface area contributed by atoms with Crippen LogP contribution >= 0.6 is 11.3 Å². The number of ether oxygens (including phenoxy) is 1. The maximum Gasteiger partial charge on any atom is 0.191 e. The molecule has 0 fully saturated rings. The van der Waals surface area contributed by atoms with Crippen LogP contribution in [-0.2, 0) is 11.2 Å². The third-order valence-electron chi connectivity index (χ3n) is 4.35. The number of hydrogen-bond donors (Lipinski definition) is 3. The Morgan fingerprint density at radius 3 is 2.61 bits per heavy atom. The number of thiophene rings is 1. The first-order valence-electron chi connectivity index (χ1n) is 9.97. The number of aliphatic hydroxyl groups is 1. The standard InChI is InChI=1S/C22H33N3O2S/c1-4-23-22(24-14-17(2)13-21-11-8-12-28-21)25-15-20(26)16-27-18(3)19-9-6-5-7-10-19/h5-12,17-18,20,26H,4,13-16H2,1-3H3,(H2,23,24,25). The van der Waals surface area contributed by atoms with Crippen molar-refractivity contribution in [3.63, 3.8) is 0 Å². The molecule has 3 unspecified atom stereocenters. The lowest BCUT2D eigenvalue weighted by molar-refractivity contribution is -0.000599. The van der Waals surface area contributed by atoms with Crippen LogP contribution in [0.25, 0.3) is 0 Å². The molecule has 3 N–H and O–H groups in total. The van der Waals surface area contributed by atoms with Crippen molar-refractivity contribution < 1.29 is 9.84 Å². The quantitative estimate of drug-likeness (QED) is 0.396. The molecule has 6 heteroatoms. The van der Waals surface area contributed by atoms with Crippen LogP contribution in [0.5, 0.6) is 0 Å². The van der Waals surface area contributed by atoms with Gasteiger partial charge in [0.15, 0.2) is 5.96 Å². The van der Waals surface area contributed by atoms with E-state index < -0.39 is 6.10 Å². The van der Waals surface area contributed by atoms with E-state index in [0.29, 0.717) is 12.5 Å². The summed E-state index contributed by atoms with van der Waals surface area (Å²) in [6.07, 6.45) is 0.392. The number of aliphatic hydroxyl groups excluding tert-OH is 1. The fourth-order valence-corrected chi connectivity index (χ4v) is 3.64. The Bertz CT molecular complexity index is 676.